The molecule has 0 radical (unpaired) electrons. The Morgan fingerprint density at radius 1 is 1.35 bits per heavy atom. The number of carbonyl (C=O) groups excluding carboxylic acids is 1. The largest absolute Gasteiger partial charge is 0.394 e. The van der Waals surface area contributed by atoms with Gasteiger partial charge in [-0.25, -0.2) is 4.98 Å². The van der Waals surface area contributed by atoms with Gasteiger partial charge in [0.15, 0.2) is 10.9 Å². The van der Waals surface area contributed by atoms with E-state index in [4.69, 9.17) is 0 Å². The Labute approximate surface area is 167 Å². The summed E-state index contributed by atoms with van der Waals surface area (Å²) in [6.45, 7) is 1.75. The molecule has 0 fully saturated rings. The van der Waals surface area contributed by atoms with E-state index < -0.39 is 0 Å². The predicted molar refractivity (Wildman–Crippen MR) is 109 cm³/mol. The first-order valence-corrected chi connectivity index (χ1v) is 10.7. The molecule has 0 saturated heterocycles. The van der Waals surface area contributed by atoms with Gasteiger partial charge in [0.1, 0.15) is 0 Å². The lowest BCUT2D eigenvalue weighted by Crippen LogP contribution is -2.29. The number of rotatable bonds is 7. The molecule has 0 aliphatic carbocycles. The van der Waals surface area contributed by atoms with Gasteiger partial charge in [-0.1, -0.05) is 30.8 Å². The van der Waals surface area contributed by atoms with Crippen molar-refractivity contribution in [2.24, 2.45) is 0 Å². The van der Waals surface area contributed by atoms with Gasteiger partial charge in [0, 0.05) is 0 Å². The summed E-state index contributed by atoms with van der Waals surface area (Å²) >= 11 is 5.97. The molecule has 1 atom stereocenters. The first-order chi connectivity index (χ1) is 12.5. The van der Waals surface area contributed by atoms with Gasteiger partial charge in [-0.05, 0) is 46.6 Å². The number of aliphatic hydroxyl groups is 1. The maximum atomic E-state index is 12.9. The highest BCUT2D eigenvalue weighted by Crippen LogP contribution is 2.26. The number of thioether (sulfide) groups is 1. The van der Waals surface area contributed by atoms with Gasteiger partial charge in [-0.2, -0.15) is 0 Å². The average molecular weight is 453 g/mol. The minimum absolute atomic E-state index is 0.0169. The maximum absolute atomic E-state index is 12.9. The number of halogens is 1. The quantitative estimate of drug-likeness (QED) is 0.331. The highest BCUT2D eigenvalue weighted by Gasteiger charge is 2.19. The molecule has 26 heavy (non-hydrogen) atoms. The Balaban J connectivity index is 1.99. The van der Waals surface area contributed by atoms with Crippen LogP contribution < -0.4 is 5.56 Å². The molecule has 2 heterocycles. The van der Waals surface area contributed by atoms with Crippen LogP contribution in [0.25, 0.3) is 10.9 Å². The number of para-hydroxylation sites is 1. The van der Waals surface area contributed by atoms with E-state index in [0.717, 1.165) is 3.79 Å². The SMILES string of the molecule is CC[C@H](CO)n1c(SCC(=O)c2ccc(Br)s2)nc2ccccc2c1=O. The van der Waals surface area contributed by atoms with Crippen LogP contribution in [0.15, 0.2) is 50.1 Å². The Bertz CT molecular complexity index is 996. The first-order valence-electron chi connectivity index (χ1n) is 8.08. The minimum Gasteiger partial charge on any atom is -0.394 e. The van der Waals surface area contributed by atoms with Gasteiger partial charge < -0.3 is 5.11 Å². The number of hydrogen-bond donors (Lipinski definition) is 1. The highest BCUT2D eigenvalue weighted by atomic mass is 79.9. The second-order valence-corrected chi connectivity index (χ2v) is 9.05. The molecular weight excluding hydrogens is 436 g/mol. The molecule has 0 unspecified atom stereocenters. The fourth-order valence-electron chi connectivity index (χ4n) is 2.61. The lowest BCUT2D eigenvalue weighted by molar-refractivity contribution is 0.102. The third-order valence-corrected chi connectivity index (χ3v) is 6.62. The molecule has 0 aliphatic heterocycles. The fraction of sp³-hybridized carbons (Fsp3) is 0.278. The number of aliphatic hydroxyl groups excluding tert-OH is 1. The van der Waals surface area contributed by atoms with E-state index in [0.29, 0.717) is 27.4 Å². The maximum Gasteiger partial charge on any atom is 0.262 e. The molecule has 8 heteroatoms. The molecule has 0 bridgehead atoms. The average Bonchev–Trinajstić information content (AvgIpc) is 3.09. The third-order valence-electron chi connectivity index (χ3n) is 4.00. The zero-order valence-corrected chi connectivity index (χ0v) is 17.2. The van der Waals surface area contributed by atoms with Gasteiger partial charge in [-0.15, -0.1) is 11.3 Å². The summed E-state index contributed by atoms with van der Waals surface area (Å²) in [7, 11) is 0. The second-order valence-electron chi connectivity index (χ2n) is 5.65. The fourth-order valence-corrected chi connectivity index (χ4v) is 4.97. The molecule has 3 rings (SSSR count). The van der Waals surface area contributed by atoms with Crippen molar-refractivity contribution in [1.29, 1.82) is 0 Å². The van der Waals surface area contributed by atoms with E-state index in [-0.39, 0.29) is 29.7 Å². The highest BCUT2D eigenvalue weighted by molar-refractivity contribution is 9.11. The van der Waals surface area contributed by atoms with Gasteiger partial charge in [0.2, 0.25) is 0 Å². The summed E-state index contributed by atoms with van der Waals surface area (Å²) in [6.07, 6.45) is 0.593. The number of carbonyl (C=O) groups is 1. The molecule has 2 aromatic heterocycles. The Kier molecular flexibility index (Phi) is 6.29. The van der Waals surface area contributed by atoms with Crippen LogP contribution in [-0.4, -0.2) is 32.8 Å². The standard InChI is InChI=1S/C18H17BrN2O3S2/c1-2-11(9-22)21-17(24)12-5-3-4-6-13(12)20-18(21)25-10-14(23)15-7-8-16(19)26-15/h3-8,11,22H,2,9-10H2,1H3/t11-/m1/s1. The summed E-state index contributed by atoms with van der Waals surface area (Å²) in [5.74, 6) is 0.163. The molecule has 1 N–H and O–H groups in total. The van der Waals surface area contributed by atoms with Crippen LogP contribution in [-0.2, 0) is 0 Å². The molecule has 0 amide bonds. The number of nitrogens with zero attached hydrogens (tertiary/aromatic N) is 2. The van der Waals surface area contributed by atoms with E-state index in [1.54, 1.807) is 24.3 Å². The van der Waals surface area contributed by atoms with Crippen molar-refractivity contribution in [2.75, 3.05) is 12.4 Å². The summed E-state index contributed by atoms with van der Waals surface area (Å²) in [5.41, 5.74) is 0.403. The first kappa shape index (κ1) is 19.3. The monoisotopic (exact) mass is 452 g/mol. The van der Waals surface area contributed by atoms with Crippen molar-refractivity contribution >= 4 is 55.7 Å². The van der Waals surface area contributed by atoms with Gasteiger partial charge in [-0.3, -0.25) is 14.2 Å². The van der Waals surface area contributed by atoms with Crippen LogP contribution in [0, 0.1) is 0 Å². The molecule has 0 saturated carbocycles. The van der Waals surface area contributed by atoms with Crippen LogP contribution in [0.1, 0.15) is 29.1 Å². The van der Waals surface area contributed by atoms with Crippen LogP contribution in [0.4, 0.5) is 0 Å². The number of benzene rings is 1. The Morgan fingerprint density at radius 3 is 2.77 bits per heavy atom. The normalized spacial score (nSPS) is 12.4. The van der Waals surface area contributed by atoms with E-state index >= 15 is 0 Å². The summed E-state index contributed by atoms with van der Waals surface area (Å²) < 4.78 is 2.42. The van der Waals surface area contributed by atoms with E-state index in [2.05, 4.69) is 20.9 Å². The smallest absolute Gasteiger partial charge is 0.262 e. The molecular formula is C18H17BrN2O3S2. The van der Waals surface area contributed by atoms with Crippen molar-refractivity contribution in [3.05, 3.63) is 55.4 Å². The van der Waals surface area contributed by atoms with E-state index in [9.17, 15) is 14.7 Å². The van der Waals surface area contributed by atoms with Crippen LogP contribution in [0.3, 0.4) is 0 Å². The topological polar surface area (TPSA) is 72.2 Å². The lowest BCUT2D eigenvalue weighted by atomic mass is 10.2. The van der Waals surface area contributed by atoms with Crippen molar-refractivity contribution < 1.29 is 9.90 Å². The Hall–Kier alpha value is -1.48. The van der Waals surface area contributed by atoms with Gasteiger partial charge >= 0.3 is 0 Å². The summed E-state index contributed by atoms with van der Waals surface area (Å²) in [5, 5.41) is 10.7. The molecule has 136 valence electrons. The van der Waals surface area contributed by atoms with Crippen molar-refractivity contribution in [3.63, 3.8) is 0 Å². The predicted octanol–water partition coefficient (Wildman–Crippen LogP) is 4.14. The number of hydrogen-bond acceptors (Lipinski definition) is 6. The molecule has 0 aliphatic rings. The number of ketones is 1. The van der Waals surface area contributed by atoms with Crippen molar-refractivity contribution in [3.8, 4) is 0 Å². The zero-order chi connectivity index (χ0) is 18.7. The van der Waals surface area contributed by atoms with Crippen molar-refractivity contribution in [1.82, 2.24) is 9.55 Å². The Morgan fingerprint density at radius 2 is 2.12 bits per heavy atom. The molecule has 5 nitrogen and oxygen atoms in total. The van der Waals surface area contributed by atoms with E-state index in [1.165, 1.54) is 27.7 Å². The lowest BCUT2D eigenvalue weighted by Gasteiger charge is -2.19. The summed E-state index contributed by atoms with van der Waals surface area (Å²) in [6, 6.07) is 10.4. The number of fused-ring (bicyclic) bond motifs is 1. The van der Waals surface area contributed by atoms with Crippen LogP contribution in [0.5, 0.6) is 0 Å². The number of Topliss-reactive ketones (excluding diaryl/α,β-unsaturated/α-hetero) is 1. The van der Waals surface area contributed by atoms with Gasteiger partial charge in [0.25, 0.3) is 5.56 Å². The molecule has 3 aromatic rings. The van der Waals surface area contributed by atoms with Crippen LogP contribution in [0.2, 0.25) is 0 Å². The number of thiophene rings is 1. The summed E-state index contributed by atoms with van der Waals surface area (Å²) in [4.78, 5) is 30.6. The second kappa shape index (κ2) is 8.47. The number of aromatic nitrogens is 2. The molecule has 1 aromatic carbocycles. The minimum atomic E-state index is -0.368. The zero-order valence-electron chi connectivity index (χ0n) is 14.0. The van der Waals surface area contributed by atoms with E-state index in [1.807, 2.05) is 19.1 Å². The van der Waals surface area contributed by atoms with Gasteiger partial charge in [0.05, 0.1) is 38.0 Å². The van der Waals surface area contributed by atoms with Crippen molar-refractivity contribution in [2.45, 2.75) is 24.5 Å². The molecule has 0 spiro atoms. The third kappa shape index (κ3) is 3.93. The van der Waals surface area contributed by atoms with Crippen LogP contribution >= 0.6 is 39.0 Å².